The van der Waals surface area contributed by atoms with Crippen molar-refractivity contribution >= 4 is 17.7 Å². The van der Waals surface area contributed by atoms with Gasteiger partial charge in [-0.25, -0.2) is 10.3 Å². The van der Waals surface area contributed by atoms with Crippen molar-refractivity contribution in [2.75, 3.05) is 25.3 Å². The fourth-order valence-corrected chi connectivity index (χ4v) is 3.46. The second kappa shape index (κ2) is 12.5. The largest absolute Gasteiger partial charge is 0.491 e. The maximum Gasteiger partial charge on any atom is 0.412 e. The van der Waals surface area contributed by atoms with Gasteiger partial charge in [0.2, 0.25) is 6.79 Å². The highest BCUT2D eigenvalue weighted by atomic mass is 16.7. The number of aliphatic hydroxyl groups excluding tert-OH is 1. The van der Waals surface area contributed by atoms with Gasteiger partial charge in [-0.15, -0.1) is 0 Å². The van der Waals surface area contributed by atoms with E-state index in [4.69, 9.17) is 29.3 Å². The van der Waals surface area contributed by atoms with Gasteiger partial charge in [0.25, 0.3) is 5.91 Å². The van der Waals surface area contributed by atoms with Crippen molar-refractivity contribution in [3.8, 4) is 17.2 Å². The van der Waals surface area contributed by atoms with Gasteiger partial charge in [0, 0.05) is 23.4 Å². The molecule has 0 fully saturated rings. The molecule has 2 amide bonds. The third kappa shape index (κ3) is 6.87. The molecule has 0 bridgehead atoms. The molecule has 0 unspecified atom stereocenters. The molecule has 0 aromatic heterocycles. The van der Waals surface area contributed by atoms with E-state index in [1.54, 1.807) is 42.5 Å². The van der Waals surface area contributed by atoms with Crippen LogP contribution in [-0.4, -0.2) is 42.3 Å². The lowest BCUT2D eigenvalue weighted by molar-refractivity contribution is -0.124. The van der Waals surface area contributed by atoms with Crippen LogP contribution in [0.25, 0.3) is 0 Å². The number of hydrogen-bond donors (Lipinski definition) is 4. The molecule has 10 nitrogen and oxygen atoms in total. The van der Waals surface area contributed by atoms with Crippen molar-refractivity contribution < 1.29 is 38.9 Å². The molecule has 34 heavy (non-hydrogen) atoms. The Morgan fingerprint density at radius 3 is 2.76 bits per heavy atom. The zero-order valence-electron chi connectivity index (χ0n) is 18.7. The summed E-state index contributed by atoms with van der Waals surface area (Å²) in [4.78, 5) is 24.0. The second-order valence-corrected chi connectivity index (χ2v) is 7.56. The summed E-state index contributed by atoms with van der Waals surface area (Å²) in [5.74, 6) is 0.849. The van der Waals surface area contributed by atoms with Crippen molar-refractivity contribution in [1.29, 1.82) is 0 Å². The highest BCUT2D eigenvalue weighted by Crippen LogP contribution is 2.37. The van der Waals surface area contributed by atoms with Gasteiger partial charge in [-0.05, 0) is 37.0 Å². The Balaban J connectivity index is 1.75. The summed E-state index contributed by atoms with van der Waals surface area (Å²) < 4.78 is 22.1. The van der Waals surface area contributed by atoms with Crippen LogP contribution in [0.2, 0.25) is 0 Å². The lowest BCUT2D eigenvalue weighted by Gasteiger charge is -2.26. The minimum absolute atomic E-state index is 0.0977. The van der Waals surface area contributed by atoms with E-state index in [2.05, 4.69) is 5.32 Å². The number of rotatable bonds is 11. The number of fused-ring (bicyclic) bond motifs is 1. The molecule has 2 atom stereocenters. The number of hydrogen-bond acceptors (Lipinski definition) is 8. The average molecular weight is 472 g/mol. The van der Waals surface area contributed by atoms with Gasteiger partial charge >= 0.3 is 6.09 Å². The molecule has 4 N–H and O–H groups in total. The Morgan fingerprint density at radius 1 is 1.18 bits per heavy atom. The second-order valence-electron chi connectivity index (χ2n) is 7.56. The van der Waals surface area contributed by atoms with Gasteiger partial charge < -0.3 is 24.1 Å². The molecule has 1 aliphatic heterocycles. The van der Waals surface area contributed by atoms with Crippen LogP contribution >= 0.6 is 0 Å². The van der Waals surface area contributed by atoms with Crippen LogP contribution in [0, 0.1) is 5.92 Å². The van der Waals surface area contributed by atoms with Crippen molar-refractivity contribution in [1.82, 2.24) is 5.48 Å². The van der Waals surface area contributed by atoms with E-state index in [1.807, 2.05) is 13.0 Å². The third-order valence-electron chi connectivity index (χ3n) is 5.11. The van der Waals surface area contributed by atoms with Gasteiger partial charge in [0.05, 0.1) is 6.61 Å². The van der Waals surface area contributed by atoms with Crippen LogP contribution in [0.15, 0.2) is 54.6 Å². The van der Waals surface area contributed by atoms with Gasteiger partial charge in [-0.3, -0.25) is 15.3 Å². The normalized spacial score (nSPS) is 13.9. The smallest absolute Gasteiger partial charge is 0.412 e. The van der Waals surface area contributed by atoms with Crippen LogP contribution in [0.3, 0.4) is 0 Å². The van der Waals surface area contributed by atoms with E-state index in [-0.39, 0.29) is 25.9 Å². The standard InChI is InChI=1S/C24H28N2O8/c1-16(6-2-5-9-22(28)26-30)23(18-7-3-4-8-19(18)31-13-12-27)34-24(29)25-17-10-11-20-21(14-17)33-15-32-20/h3-5,7-11,14,16,23,27,30H,2,6,12-13,15H2,1H3,(H,25,29)(H,26,28)/b9-5+/t16-,23+/m0/s1. The molecule has 2 aromatic rings. The number of amides is 2. The molecule has 182 valence electrons. The zero-order valence-corrected chi connectivity index (χ0v) is 18.7. The Kier molecular flexibility index (Phi) is 9.12. The Hall–Kier alpha value is -3.76. The van der Waals surface area contributed by atoms with Gasteiger partial charge in [-0.2, -0.15) is 0 Å². The van der Waals surface area contributed by atoms with Gasteiger partial charge in [0.15, 0.2) is 11.5 Å². The first-order valence-corrected chi connectivity index (χ1v) is 10.8. The number of aliphatic hydroxyl groups is 1. The third-order valence-corrected chi connectivity index (χ3v) is 5.11. The fourth-order valence-electron chi connectivity index (χ4n) is 3.46. The molecule has 1 aliphatic rings. The molecule has 1 heterocycles. The Labute approximate surface area is 197 Å². The summed E-state index contributed by atoms with van der Waals surface area (Å²) in [6.07, 6.45) is 2.60. The number of benzene rings is 2. The lowest BCUT2D eigenvalue weighted by atomic mass is 9.92. The topological polar surface area (TPSA) is 136 Å². The van der Waals surface area contributed by atoms with Crippen LogP contribution in [0.1, 0.15) is 31.4 Å². The molecular weight excluding hydrogens is 444 g/mol. The predicted octanol–water partition coefficient (Wildman–Crippen LogP) is 3.55. The van der Waals surface area contributed by atoms with E-state index in [0.717, 1.165) is 0 Å². The van der Waals surface area contributed by atoms with Crippen molar-refractivity contribution in [2.45, 2.75) is 25.9 Å². The first-order chi connectivity index (χ1) is 16.5. The van der Waals surface area contributed by atoms with Crippen LogP contribution in [-0.2, 0) is 9.53 Å². The summed E-state index contributed by atoms with van der Waals surface area (Å²) in [5.41, 5.74) is 2.68. The minimum Gasteiger partial charge on any atom is -0.491 e. The van der Waals surface area contributed by atoms with E-state index in [9.17, 15) is 9.59 Å². The van der Waals surface area contributed by atoms with Crippen molar-refractivity contribution in [3.63, 3.8) is 0 Å². The van der Waals surface area contributed by atoms with Crippen molar-refractivity contribution in [3.05, 3.63) is 60.2 Å². The van der Waals surface area contributed by atoms with E-state index in [0.29, 0.717) is 41.3 Å². The molecule has 2 aromatic carbocycles. The van der Waals surface area contributed by atoms with Crippen LogP contribution in [0.5, 0.6) is 17.2 Å². The average Bonchev–Trinajstić information content (AvgIpc) is 3.31. The molecule has 10 heteroatoms. The van der Waals surface area contributed by atoms with E-state index >= 15 is 0 Å². The quantitative estimate of drug-likeness (QED) is 0.221. The zero-order chi connectivity index (χ0) is 24.3. The molecule has 0 aliphatic carbocycles. The van der Waals surface area contributed by atoms with E-state index < -0.39 is 18.1 Å². The molecular formula is C24H28N2O8. The lowest BCUT2D eigenvalue weighted by Crippen LogP contribution is -2.22. The number of nitrogens with one attached hydrogen (secondary N) is 2. The number of ether oxygens (including phenoxy) is 4. The van der Waals surface area contributed by atoms with Gasteiger partial charge in [-0.1, -0.05) is 31.2 Å². The van der Waals surface area contributed by atoms with Crippen LogP contribution in [0.4, 0.5) is 10.5 Å². The number of hydroxylamine groups is 1. The summed E-state index contributed by atoms with van der Waals surface area (Å²) >= 11 is 0. The number of anilines is 1. The molecule has 3 rings (SSSR count). The SMILES string of the molecule is C[C@@H](CC/C=C/C(=O)NO)[C@@H](OC(=O)Nc1ccc2c(c1)OCO2)c1ccccc1OCCO. The summed E-state index contributed by atoms with van der Waals surface area (Å²) in [5, 5.41) is 20.5. The molecule has 0 spiro atoms. The molecule has 0 radical (unpaired) electrons. The minimum atomic E-state index is -0.677. The maximum absolute atomic E-state index is 12.8. The first kappa shape index (κ1) is 24.9. The molecule has 0 saturated carbocycles. The highest BCUT2D eigenvalue weighted by Gasteiger charge is 2.27. The van der Waals surface area contributed by atoms with E-state index in [1.165, 1.54) is 11.6 Å². The number of allylic oxidation sites excluding steroid dienone is 1. The number of para-hydroxylation sites is 1. The van der Waals surface area contributed by atoms with Crippen molar-refractivity contribution in [2.24, 2.45) is 5.92 Å². The first-order valence-electron chi connectivity index (χ1n) is 10.8. The molecule has 0 saturated heterocycles. The summed E-state index contributed by atoms with van der Waals surface area (Å²) in [7, 11) is 0. The predicted molar refractivity (Wildman–Crippen MR) is 122 cm³/mol. The highest BCUT2D eigenvalue weighted by molar-refractivity contribution is 5.86. The monoisotopic (exact) mass is 472 g/mol. The fraction of sp³-hybridized carbons (Fsp3) is 0.333. The summed E-state index contributed by atoms with van der Waals surface area (Å²) in [6, 6.07) is 12.2. The maximum atomic E-state index is 12.8. The number of carbonyl (C=O) groups excluding carboxylic acids is 2. The summed E-state index contributed by atoms with van der Waals surface area (Å²) in [6.45, 7) is 1.99. The number of carbonyl (C=O) groups is 2. The van der Waals surface area contributed by atoms with Gasteiger partial charge in [0.1, 0.15) is 18.5 Å². The Bertz CT molecular complexity index is 1010. The Morgan fingerprint density at radius 2 is 1.97 bits per heavy atom. The van der Waals surface area contributed by atoms with Crippen LogP contribution < -0.4 is 25.0 Å².